The number of ether oxygens (including phenoxy) is 1. The van der Waals surface area contributed by atoms with Crippen molar-refractivity contribution in [3.05, 3.63) is 53.3 Å². The average molecular weight is 296 g/mol. The molecule has 22 heavy (non-hydrogen) atoms. The van der Waals surface area contributed by atoms with Crippen molar-refractivity contribution in [2.45, 2.75) is 44.8 Å². The van der Waals surface area contributed by atoms with Crippen LogP contribution in [0.15, 0.2) is 36.4 Å². The first-order valence-electron chi connectivity index (χ1n) is 8.08. The van der Waals surface area contributed by atoms with E-state index in [1.807, 2.05) is 30.3 Å². The van der Waals surface area contributed by atoms with Gasteiger partial charge in [-0.15, -0.1) is 0 Å². The van der Waals surface area contributed by atoms with Crippen molar-refractivity contribution in [2.24, 2.45) is 5.92 Å². The molecule has 4 rings (SSSR count). The zero-order chi connectivity index (χ0) is 14.9. The van der Waals surface area contributed by atoms with E-state index in [0.717, 1.165) is 37.1 Å². The number of aryl methyl sites for hydroxylation is 2. The van der Waals surface area contributed by atoms with Gasteiger partial charge in [0.15, 0.2) is 0 Å². The minimum Gasteiger partial charge on any atom is -0.461 e. The molecule has 0 radical (unpaired) electrons. The van der Waals surface area contributed by atoms with Crippen molar-refractivity contribution in [3.63, 3.8) is 0 Å². The highest BCUT2D eigenvalue weighted by atomic mass is 16.5. The van der Waals surface area contributed by atoms with Gasteiger partial charge in [0.1, 0.15) is 6.61 Å². The van der Waals surface area contributed by atoms with E-state index in [4.69, 9.17) is 4.74 Å². The van der Waals surface area contributed by atoms with Gasteiger partial charge in [-0.2, -0.15) is 5.10 Å². The molecule has 114 valence electrons. The smallest absolute Gasteiger partial charge is 0.309 e. The van der Waals surface area contributed by atoms with Crippen molar-refractivity contribution in [3.8, 4) is 0 Å². The monoisotopic (exact) mass is 296 g/mol. The molecule has 1 aromatic carbocycles. The summed E-state index contributed by atoms with van der Waals surface area (Å²) < 4.78 is 7.58. The molecule has 4 heteroatoms. The first-order valence-corrected chi connectivity index (χ1v) is 8.08. The fourth-order valence-electron chi connectivity index (χ4n) is 3.44. The van der Waals surface area contributed by atoms with E-state index in [2.05, 4.69) is 15.8 Å². The Balaban J connectivity index is 1.39. The molecule has 2 aromatic rings. The minimum atomic E-state index is -0.0757. The molecule has 1 saturated carbocycles. The Labute approximate surface area is 130 Å². The summed E-state index contributed by atoms with van der Waals surface area (Å²) in [6, 6.07) is 12.0. The lowest BCUT2D eigenvalue weighted by Gasteiger charge is -2.33. The first kappa shape index (κ1) is 13.6. The zero-order valence-corrected chi connectivity index (χ0v) is 12.6. The van der Waals surface area contributed by atoms with E-state index >= 15 is 0 Å². The molecule has 2 atom stereocenters. The summed E-state index contributed by atoms with van der Waals surface area (Å²) in [6.07, 6.45) is 4.26. The van der Waals surface area contributed by atoms with Crippen molar-refractivity contribution >= 4 is 5.97 Å². The lowest BCUT2D eigenvalue weighted by Crippen LogP contribution is -2.33. The Morgan fingerprint density at radius 3 is 2.86 bits per heavy atom. The van der Waals surface area contributed by atoms with Gasteiger partial charge in [-0.3, -0.25) is 9.48 Å². The molecule has 1 aliphatic carbocycles. The maximum absolute atomic E-state index is 12.3. The SMILES string of the molecule is O=C(OCc1ccccc1)C1CCC1c1cc2n(n1)CCC2. The summed E-state index contributed by atoms with van der Waals surface area (Å²) in [5.41, 5.74) is 3.44. The lowest BCUT2D eigenvalue weighted by atomic mass is 9.72. The predicted octanol–water partition coefficient (Wildman–Crippen LogP) is 3.07. The van der Waals surface area contributed by atoms with Crippen LogP contribution in [-0.2, 0) is 29.1 Å². The number of hydrogen-bond acceptors (Lipinski definition) is 3. The topological polar surface area (TPSA) is 44.1 Å². The van der Waals surface area contributed by atoms with Gasteiger partial charge in [0.05, 0.1) is 11.6 Å². The number of rotatable bonds is 4. The second-order valence-corrected chi connectivity index (χ2v) is 6.27. The molecule has 0 N–H and O–H groups in total. The third-order valence-electron chi connectivity index (χ3n) is 4.87. The average Bonchev–Trinajstić information content (AvgIpc) is 3.06. The van der Waals surface area contributed by atoms with Gasteiger partial charge in [-0.05, 0) is 37.3 Å². The first-order chi connectivity index (χ1) is 10.8. The summed E-state index contributed by atoms with van der Waals surface area (Å²) in [4.78, 5) is 12.3. The second-order valence-electron chi connectivity index (χ2n) is 6.27. The predicted molar refractivity (Wildman–Crippen MR) is 82.3 cm³/mol. The molecular formula is C18H20N2O2. The van der Waals surface area contributed by atoms with E-state index in [-0.39, 0.29) is 17.8 Å². The Morgan fingerprint density at radius 1 is 1.27 bits per heavy atom. The summed E-state index contributed by atoms with van der Waals surface area (Å²) in [5, 5.41) is 4.67. The summed E-state index contributed by atoms with van der Waals surface area (Å²) >= 11 is 0. The second kappa shape index (κ2) is 5.59. The van der Waals surface area contributed by atoms with Crippen molar-refractivity contribution < 1.29 is 9.53 Å². The number of aromatic nitrogens is 2. The van der Waals surface area contributed by atoms with Crippen molar-refractivity contribution in [2.75, 3.05) is 0 Å². The number of nitrogens with zero attached hydrogens (tertiary/aromatic N) is 2. The Morgan fingerprint density at radius 2 is 2.14 bits per heavy atom. The van der Waals surface area contributed by atoms with E-state index in [1.54, 1.807) is 0 Å². The lowest BCUT2D eigenvalue weighted by molar-refractivity contribution is -0.154. The van der Waals surface area contributed by atoms with E-state index in [1.165, 1.54) is 12.1 Å². The molecule has 4 nitrogen and oxygen atoms in total. The highest BCUT2D eigenvalue weighted by Crippen LogP contribution is 2.43. The Hall–Kier alpha value is -2.10. The maximum Gasteiger partial charge on any atom is 0.309 e. The molecular weight excluding hydrogens is 276 g/mol. The largest absolute Gasteiger partial charge is 0.461 e. The van der Waals surface area contributed by atoms with Gasteiger partial charge in [0.2, 0.25) is 0 Å². The normalized spacial score (nSPS) is 22.9. The molecule has 0 saturated heterocycles. The van der Waals surface area contributed by atoms with Crippen LogP contribution < -0.4 is 0 Å². The summed E-state index contributed by atoms with van der Waals surface area (Å²) in [6.45, 7) is 1.38. The van der Waals surface area contributed by atoms with E-state index in [9.17, 15) is 4.79 Å². The van der Waals surface area contributed by atoms with Gasteiger partial charge in [0.25, 0.3) is 0 Å². The van der Waals surface area contributed by atoms with Crippen molar-refractivity contribution in [1.82, 2.24) is 9.78 Å². The van der Waals surface area contributed by atoms with Crippen LogP contribution >= 0.6 is 0 Å². The molecule has 0 bridgehead atoms. The molecule has 1 aliphatic heterocycles. The molecule has 2 heterocycles. The van der Waals surface area contributed by atoms with Gasteiger partial charge in [0, 0.05) is 18.2 Å². The van der Waals surface area contributed by atoms with Crippen molar-refractivity contribution in [1.29, 1.82) is 0 Å². The van der Waals surface area contributed by atoms with Gasteiger partial charge < -0.3 is 4.74 Å². The van der Waals surface area contributed by atoms with Crippen LogP contribution in [0.4, 0.5) is 0 Å². The number of fused-ring (bicyclic) bond motifs is 1. The quantitative estimate of drug-likeness (QED) is 0.814. The molecule has 0 amide bonds. The number of carbonyl (C=O) groups is 1. The Bertz CT molecular complexity index is 656. The highest BCUT2D eigenvalue weighted by Gasteiger charge is 2.40. The van der Waals surface area contributed by atoms with Gasteiger partial charge in [-0.25, -0.2) is 0 Å². The van der Waals surface area contributed by atoms with Gasteiger partial charge >= 0.3 is 5.97 Å². The van der Waals surface area contributed by atoms with Crippen LogP contribution in [-0.4, -0.2) is 15.7 Å². The van der Waals surface area contributed by atoms with Crippen LogP contribution in [0.25, 0.3) is 0 Å². The number of hydrogen-bond donors (Lipinski definition) is 0. The molecule has 2 aliphatic rings. The van der Waals surface area contributed by atoms with Crippen LogP contribution in [0, 0.1) is 5.92 Å². The number of carbonyl (C=O) groups excluding carboxylic acids is 1. The van der Waals surface area contributed by atoms with Gasteiger partial charge in [-0.1, -0.05) is 30.3 Å². The Kier molecular flexibility index (Phi) is 3.45. The van der Waals surface area contributed by atoms with Crippen LogP contribution in [0.5, 0.6) is 0 Å². The third-order valence-corrected chi connectivity index (χ3v) is 4.87. The van der Waals surface area contributed by atoms with Crippen LogP contribution in [0.1, 0.15) is 42.1 Å². The number of benzene rings is 1. The van der Waals surface area contributed by atoms with Crippen LogP contribution in [0.3, 0.4) is 0 Å². The fraction of sp³-hybridized carbons (Fsp3) is 0.444. The third kappa shape index (κ3) is 2.43. The molecule has 1 aromatic heterocycles. The van der Waals surface area contributed by atoms with Crippen LogP contribution in [0.2, 0.25) is 0 Å². The number of esters is 1. The molecule has 0 spiro atoms. The standard InChI is InChI=1S/C18H20N2O2/c21-18(22-12-13-5-2-1-3-6-13)16-9-8-15(16)17-11-14-7-4-10-20(14)19-17/h1-3,5-6,11,15-16H,4,7-10,12H2. The van der Waals surface area contributed by atoms with E-state index < -0.39 is 0 Å². The molecule has 2 unspecified atom stereocenters. The minimum absolute atomic E-state index is 0.0145. The zero-order valence-electron chi connectivity index (χ0n) is 12.6. The highest BCUT2D eigenvalue weighted by molar-refractivity contribution is 5.74. The van der Waals surface area contributed by atoms with E-state index in [0.29, 0.717) is 6.61 Å². The summed E-state index contributed by atoms with van der Waals surface area (Å²) in [5.74, 6) is 0.161. The molecule has 1 fully saturated rings. The fourth-order valence-corrected chi connectivity index (χ4v) is 3.44. The summed E-state index contributed by atoms with van der Waals surface area (Å²) in [7, 11) is 0. The maximum atomic E-state index is 12.3.